The fourth-order valence-electron chi connectivity index (χ4n) is 7.24. The number of rotatable bonds is 4. The second-order valence-electron chi connectivity index (χ2n) is 12.9. The molecule has 0 atom stereocenters. The molecule has 222 valence electrons. The molecule has 3 heteroatoms. The Kier molecular flexibility index (Phi) is 6.16. The van der Waals surface area contributed by atoms with Crippen LogP contribution in [0.25, 0.3) is 77.7 Å². The van der Waals surface area contributed by atoms with Crippen LogP contribution in [0.1, 0.15) is 25.0 Å². The van der Waals surface area contributed by atoms with Crippen molar-refractivity contribution < 1.29 is 0 Å². The van der Waals surface area contributed by atoms with Crippen LogP contribution in [0.3, 0.4) is 0 Å². The highest BCUT2D eigenvalue weighted by Crippen LogP contribution is 2.50. The van der Waals surface area contributed by atoms with Crippen molar-refractivity contribution in [3.8, 4) is 56.2 Å². The topological polar surface area (TPSA) is 38.7 Å². The zero-order valence-electron chi connectivity index (χ0n) is 26.3. The van der Waals surface area contributed by atoms with Crippen molar-refractivity contribution in [2.45, 2.75) is 19.3 Å². The van der Waals surface area contributed by atoms with Gasteiger partial charge in [-0.15, -0.1) is 0 Å². The lowest BCUT2D eigenvalue weighted by Gasteiger charge is -2.22. The Morgan fingerprint density at radius 2 is 1.11 bits per heavy atom. The van der Waals surface area contributed by atoms with E-state index in [1.165, 1.54) is 43.8 Å². The molecule has 0 saturated heterocycles. The van der Waals surface area contributed by atoms with Crippen LogP contribution >= 0.6 is 0 Å². The maximum absolute atomic E-state index is 5.14. The molecule has 1 aliphatic carbocycles. The minimum Gasteiger partial charge on any atom is -0.264 e. The lowest BCUT2D eigenvalue weighted by Crippen LogP contribution is -2.14. The molecule has 47 heavy (non-hydrogen) atoms. The highest BCUT2D eigenvalue weighted by atomic mass is 14.9. The SMILES string of the molecule is CC1(C)c2ccccc2-c2cc3ccc4ccc(-c5cc(-c6ccc(-c7cccnc7)cc6)nc(-c6ccccc6)n5)cc4c3cc21. The van der Waals surface area contributed by atoms with E-state index in [-0.39, 0.29) is 5.41 Å². The third kappa shape index (κ3) is 4.54. The summed E-state index contributed by atoms with van der Waals surface area (Å²) in [6.45, 7) is 4.69. The first kappa shape index (κ1) is 27.4. The van der Waals surface area contributed by atoms with Gasteiger partial charge in [-0.2, -0.15) is 0 Å². The third-order valence-electron chi connectivity index (χ3n) is 9.77. The van der Waals surface area contributed by atoms with Crippen LogP contribution in [-0.2, 0) is 5.41 Å². The molecule has 6 aromatic carbocycles. The van der Waals surface area contributed by atoms with Crippen molar-refractivity contribution >= 4 is 21.5 Å². The molecular weight excluding hydrogens is 571 g/mol. The first-order valence-corrected chi connectivity index (χ1v) is 16.1. The second-order valence-corrected chi connectivity index (χ2v) is 12.9. The summed E-state index contributed by atoms with van der Waals surface area (Å²) < 4.78 is 0. The van der Waals surface area contributed by atoms with Gasteiger partial charge >= 0.3 is 0 Å². The van der Waals surface area contributed by atoms with Crippen LogP contribution in [-0.4, -0.2) is 15.0 Å². The van der Waals surface area contributed by atoms with Gasteiger partial charge in [-0.25, -0.2) is 9.97 Å². The van der Waals surface area contributed by atoms with E-state index >= 15 is 0 Å². The Labute approximate surface area is 274 Å². The van der Waals surface area contributed by atoms with Crippen LogP contribution in [0, 0.1) is 0 Å². The van der Waals surface area contributed by atoms with E-state index < -0.39 is 0 Å². The number of hydrogen-bond donors (Lipinski definition) is 0. The predicted molar refractivity (Wildman–Crippen MR) is 194 cm³/mol. The van der Waals surface area contributed by atoms with E-state index in [0.29, 0.717) is 5.82 Å². The fraction of sp³-hybridized carbons (Fsp3) is 0.0682. The molecule has 0 saturated carbocycles. The highest BCUT2D eigenvalue weighted by Gasteiger charge is 2.35. The van der Waals surface area contributed by atoms with Gasteiger partial charge in [0.05, 0.1) is 11.4 Å². The van der Waals surface area contributed by atoms with Gasteiger partial charge in [0, 0.05) is 34.5 Å². The maximum Gasteiger partial charge on any atom is 0.160 e. The van der Waals surface area contributed by atoms with Crippen LogP contribution in [0.4, 0.5) is 0 Å². The van der Waals surface area contributed by atoms with Crippen molar-refractivity contribution in [1.29, 1.82) is 0 Å². The largest absolute Gasteiger partial charge is 0.264 e. The molecule has 3 nitrogen and oxygen atoms in total. The van der Waals surface area contributed by atoms with Crippen LogP contribution in [0.2, 0.25) is 0 Å². The standard InChI is InChI=1S/C44H31N3/c1-44(2)39-13-7-6-12-35(39)38-23-32-20-16-29-17-21-33(24-36(29)37(32)25-40(38)44)42-26-41(46-43(47-42)31-9-4-3-5-10-31)30-18-14-28(15-19-30)34-11-8-22-45-27-34/h3-27H,1-2H3. The highest BCUT2D eigenvalue weighted by molar-refractivity contribution is 6.10. The molecule has 0 fully saturated rings. The molecular formula is C44H31N3. The van der Waals surface area contributed by atoms with Gasteiger partial charge in [0.1, 0.15) is 0 Å². The van der Waals surface area contributed by atoms with E-state index in [9.17, 15) is 0 Å². The van der Waals surface area contributed by atoms with Crippen LogP contribution in [0.5, 0.6) is 0 Å². The fourth-order valence-corrected chi connectivity index (χ4v) is 7.24. The first-order valence-electron chi connectivity index (χ1n) is 16.1. The summed E-state index contributed by atoms with van der Waals surface area (Å²) >= 11 is 0. The van der Waals surface area contributed by atoms with Gasteiger partial charge in [0.25, 0.3) is 0 Å². The zero-order chi connectivity index (χ0) is 31.5. The van der Waals surface area contributed by atoms with Crippen molar-refractivity contribution in [3.05, 3.63) is 163 Å². The van der Waals surface area contributed by atoms with Gasteiger partial charge in [0.15, 0.2) is 5.82 Å². The summed E-state index contributed by atoms with van der Waals surface area (Å²) in [7, 11) is 0. The molecule has 0 amide bonds. The van der Waals surface area contributed by atoms with Crippen molar-refractivity contribution in [1.82, 2.24) is 15.0 Å². The molecule has 0 N–H and O–H groups in total. The Morgan fingerprint density at radius 3 is 1.91 bits per heavy atom. The average molecular weight is 602 g/mol. The third-order valence-corrected chi connectivity index (χ3v) is 9.77. The average Bonchev–Trinajstić information content (AvgIpc) is 3.36. The van der Waals surface area contributed by atoms with Crippen molar-refractivity contribution in [2.75, 3.05) is 0 Å². The van der Waals surface area contributed by atoms with Gasteiger partial charge in [0.2, 0.25) is 0 Å². The van der Waals surface area contributed by atoms with Gasteiger partial charge in [-0.1, -0.05) is 123 Å². The normalized spacial score (nSPS) is 13.1. The summed E-state index contributed by atoms with van der Waals surface area (Å²) in [5.74, 6) is 0.713. The zero-order valence-corrected chi connectivity index (χ0v) is 26.3. The number of benzene rings is 6. The molecule has 2 aromatic heterocycles. The minimum atomic E-state index is -0.0569. The van der Waals surface area contributed by atoms with Crippen LogP contribution < -0.4 is 0 Å². The molecule has 0 radical (unpaired) electrons. The maximum atomic E-state index is 5.14. The van der Waals surface area contributed by atoms with E-state index in [1.807, 2.05) is 30.5 Å². The Balaban J connectivity index is 1.20. The molecule has 0 aliphatic heterocycles. The van der Waals surface area contributed by atoms with E-state index in [4.69, 9.17) is 9.97 Å². The van der Waals surface area contributed by atoms with Gasteiger partial charge in [-0.3, -0.25) is 4.98 Å². The monoisotopic (exact) mass is 601 g/mol. The molecule has 0 unspecified atom stereocenters. The van der Waals surface area contributed by atoms with E-state index in [2.05, 4.69) is 134 Å². The molecule has 0 spiro atoms. The van der Waals surface area contributed by atoms with Crippen molar-refractivity contribution in [3.63, 3.8) is 0 Å². The summed E-state index contributed by atoms with van der Waals surface area (Å²) in [4.78, 5) is 14.5. The quantitative estimate of drug-likeness (QED) is 0.188. The van der Waals surface area contributed by atoms with Gasteiger partial charge < -0.3 is 0 Å². The Morgan fingerprint density at radius 1 is 0.447 bits per heavy atom. The summed E-state index contributed by atoms with van der Waals surface area (Å²) in [6, 6.07) is 49.8. The van der Waals surface area contributed by atoms with E-state index in [1.54, 1.807) is 6.20 Å². The first-order chi connectivity index (χ1) is 23.0. The summed E-state index contributed by atoms with van der Waals surface area (Å²) in [6.07, 6.45) is 3.69. The predicted octanol–water partition coefficient (Wildman–Crippen LogP) is 11.2. The molecule has 2 heterocycles. The summed E-state index contributed by atoms with van der Waals surface area (Å²) in [5.41, 5.74) is 12.5. The summed E-state index contributed by atoms with van der Waals surface area (Å²) in [5, 5.41) is 4.98. The molecule has 1 aliphatic rings. The molecule has 8 aromatic rings. The number of hydrogen-bond acceptors (Lipinski definition) is 3. The second kappa shape index (κ2) is 10.6. The smallest absolute Gasteiger partial charge is 0.160 e. The lowest BCUT2D eigenvalue weighted by molar-refractivity contribution is 0.661. The number of pyridine rings is 1. The van der Waals surface area contributed by atoms with E-state index in [0.717, 1.165) is 39.2 Å². The minimum absolute atomic E-state index is 0.0569. The molecule has 0 bridgehead atoms. The van der Waals surface area contributed by atoms with Crippen LogP contribution in [0.15, 0.2) is 152 Å². The Bertz CT molecular complexity index is 2460. The lowest BCUT2D eigenvalue weighted by atomic mass is 9.81. The van der Waals surface area contributed by atoms with Gasteiger partial charge in [-0.05, 0) is 85.3 Å². The number of nitrogens with zero attached hydrogens (tertiary/aromatic N) is 3. The number of aromatic nitrogens is 3. The molecule has 9 rings (SSSR count). The number of fused-ring (bicyclic) bond motifs is 6. The Hall–Kier alpha value is -5.93. The van der Waals surface area contributed by atoms with Crippen molar-refractivity contribution in [2.24, 2.45) is 0 Å².